The average molecular weight is 448 g/mol. The predicted octanol–water partition coefficient (Wildman–Crippen LogP) is 4.69. The third-order valence-corrected chi connectivity index (χ3v) is 6.34. The molecule has 2 aromatic carbocycles. The number of fused-ring (bicyclic) bond motifs is 1. The van der Waals surface area contributed by atoms with Crippen LogP contribution >= 0.6 is 0 Å². The number of amides is 4. The number of anilines is 2. The van der Waals surface area contributed by atoms with Crippen LogP contribution in [-0.2, 0) is 16.0 Å². The molecule has 0 radical (unpaired) electrons. The molecule has 33 heavy (non-hydrogen) atoms. The number of barbiturate groups is 1. The molecule has 1 fully saturated rings. The third-order valence-electron chi connectivity index (χ3n) is 6.34. The Morgan fingerprint density at radius 3 is 2.39 bits per heavy atom. The monoisotopic (exact) mass is 447 g/mol. The molecule has 0 atom stereocenters. The fourth-order valence-electron chi connectivity index (χ4n) is 4.23. The summed E-state index contributed by atoms with van der Waals surface area (Å²) in [6.07, 6.45) is 4.10. The van der Waals surface area contributed by atoms with Gasteiger partial charge in [0.15, 0.2) is 0 Å². The molecule has 0 bridgehead atoms. The topological polar surface area (TPSA) is 69.7 Å². The van der Waals surface area contributed by atoms with Gasteiger partial charge >= 0.3 is 6.03 Å². The summed E-state index contributed by atoms with van der Waals surface area (Å²) in [5, 5.41) is 2.18. The number of allylic oxidation sites excluding steroid dienone is 1. The fourth-order valence-corrected chi connectivity index (χ4v) is 4.23. The molecule has 0 aromatic heterocycles. The van der Waals surface area contributed by atoms with Gasteiger partial charge < -0.3 is 4.90 Å². The van der Waals surface area contributed by atoms with E-state index in [-0.39, 0.29) is 16.7 Å². The summed E-state index contributed by atoms with van der Waals surface area (Å²) in [6, 6.07) is 9.13. The average Bonchev–Trinajstić information content (AvgIpc) is 2.75. The van der Waals surface area contributed by atoms with E-state index in [1.807, 2.05) is 51.8 Å². The number of benzene rings is 2. The molecule has 0 spiro atoms. The summed E-state index contributed by atoms with van der Waals surface area (Å²) < 4.78 is 15.1. The highest BCUT2D eigenvalue weighted by molar-refractivity contribution is 6.39. The molecule has 2 heterocycles. The number of urea groups is 1. The number of hydrogen-bond donors (Lipinski definition) is 1. The molecule has 2 aliphatic heterocycles. The maximum atomic E-state index is 15.1. The highest BCUT2D eigenvalue weighted by Gasteiger charge is 2.37. The van der Waals surface area contributed by atoms with Crippen LogP contribution < -0.4 is 15.1 Å². The van der Waals surface area contributed by atoms with Crippen LogP contribution in [0.2, 0.25) is 0 Å². The van der Waals surface area contributed by atoms with E-state index in [4.69, 9.17) is 0 Å². The predicted molar refractivity (Wildman–Crippen MR) is 127 cm³/mol. The second-order valence-electron chi connectivity index (χ2n) is 8.91. The molecular weight excluding hydrogens is 421 g/mol. The van der Waals surface area contributed by atoms with E-state index in [1.165, 1.54) is 12.1 Å². The van der Waals surface area contributed by atoms with Crippen LogP contribution in [0.25, 0.3) is 11.6 Å². The first kappa shape index (κ1) is 22.5. The lowest BCUT2D eigenvalue weighted by molar-refractivity contribution is -0.122. The second-order valence-corrected chi connectivity index (χ2v) is 8.91. The Labute approximate surface area is 192 Å². The van der Waals surface area contributed by atoms with E-state index in [1.54, 1.807) is 18.2 Å². The summed E-state index contributed by atoms with van der Waals surface area (Å²) >= 11 is 0. The van der Waals surface area contributed by atoms with E-state index in [0.717, 1.165) is 33.7 Å². The number of halogens is 1. The minimum absolute atomic E-state index is 0.101. The molecule has 4 rings (SSSR count). The van der Waals surface area contributed by atoms with Crippen molar-refractivity contribution in [3.05, 3.63) is 70.6 Å². The van der Waals surface area contributed by atoms with Gasteiger partial charge in [-0.05, 0) is 68.7 Å². The largest absolute Gasteiger partial charge is 0.365 e. The molecule has 1 N–H and O–H groups in total. The Kier molecular flexibility index (Phi) is 5.44. The SMILES string of the molecule is CCc1ccc(N2C(=O)NC(=O)/C(=C/c3cc4c(cc3F)N(C)C(C)(C)C=C4C)C2=O)cc1. The number of nitrogens with one attached hydrogen (secondary N) is 1. The van der Waals surface area contributed by atoms with Crippen LogP contribution in [0.3, 0.4) is 0 Å². The van der Waals surface area contributed by atoms with Gasteiger partial charge in [-0.1, -0.05) is 25.1 Å². The fraction of sp³-hybridized carbons (Fsp3) is 0.269. The Morgan fingerprint density at radius 2 is 1.76 bits per heavy atom. The summed E-state index contributed by atoms with van der Waals surface area (Å²) in [6.45, 7) is 8.02. The number of hydrogen-bond acceptors (Lipinski definition) is 4. The van der Waals surface area contributed by atoms with Crippen molar-refractivity contribution in [2.24, 2.45) is 0 Å². The van der Waals surface area contributed by atoms with E-state index in [0.29, 0.717) is 5.69 Å². The first-order valence-electron chi connectivity index (χ1n) is 10.8. The first-order valence-corrected chi connectivity index (χ1v) is 10.8. The minimum atomic E-state index is -0.853. The zero-order valence-corrected chi connectivity index (χ0v) is 19.3. The van der Waals surface area contributed by atoms with Crippen LogP contribution in [0, 0.1) is 5.82 Å². The molecule has 1 saturated heterocycles. The molecule has 7 heteroatoms. The quantitative estimate of drug-likeness (QED) is 0.548. The number of carbonyl (C=O) groups excluding carboxylic acids is 3. The molecular formula is C26H26FN3O3. The molecule has 0 saturated carbocycles. The number of nitrogens with zero attached hydrogens (tertiary/aromatic N) is 2. The summed E-state index contributed by atoms with van der Waals surface area (Å²) in [5.74, 6) is -2.21. The number of rotatable bonds is 3. The van der Waals surface area contributed by atoms with Crippen LogP contribution in [0.5, 0.6) is 0 Å². The van der Waals surface area contributed by atoms with Crippen molar-refractivity contribution in [3.8, 4) is 0 Å². The standard InChI is InChI=1S/C26H26FN3O3/c1-6-16-7-9-18(10-8-16)30-24(32)20(23(31)28-25(30)33)12-17-11-19-15(2)14-26(3,4)29(5)22(19)13-21(17)27/h7-14H,6H2,1-5H3,(H,28,31,33)/b20-12-. The number of imide groups is 2. The maximum Gasteiger partial charge on any atom is 0.335 e. The van der Waals surface area contributed by atoms with Gasteiger partial charge in [-0.3, -0.25) is 14.9 Å². The van der Waals surface area contributed by atoms with Gasteiger partial charge in [0.25, 0.3) is 11.8 Å². The van der Waals surface area contributed by atoms with Gasteiger partial charge in [-0.2, -0.15) is 0 Å². The Morgan fingerprint density at radius 1 is 1.09 bits per heavy atom. The second kappa shape index (κ2) is 7.99. The Bertz CT molecular complexity index is 1240. The molecule has 170 valence electrons. The molecule has 0 aliphatic carbocycles. The van der Waals surface area contributed by atoms with Crippen molar-refractivity contribution < 1.29 is 18.8 Å². The van der Waals surface area contributed by atoms with Crippen molar-refractivity contribution in [2.45, 2.75) is 39.7 Å². The number of carbonyl (C=O) groups is 3. The summed E-state index contributed by atoms with van der Waals surface area (Å²) in [4.78, 5) is 40.9. The number of likely N-dealkylation sites (N-methyl/N-ethyl adjacent to an activating group) is 1. The Balaban J connectivity index is 1.76. The lowest BCUT2D eigenvalue weighted by Crippen LogP contribution is -2.54. The zero-order chi connectivity index (χ0) is 24.1. The minimum Gasteiger partial charge on any atom is -0.365 e. The summed E-state index contributed by atoms with van der Waals surface area (Å²) in [5.41, 5.74) is 3.41. The Hall–Kier alpha value is -3.74. The lowest BCUT2D eigenvalue weighted by Gasteiger charge is -2.40. The molecule has 0 unspecified atom stereocenters. The van der Waals surface area contributed by atoms with Crippen LogP contribution in [0.4, 0.5) is 20.6 Å². The molecule has 2 aromatic rings. The highest BCUT2D eigenvalue weighted by Crippen LogP contribution is 2.39. The molecule has 6 nitrogen and oxygen atoms in total. The van der Waals surface area contributed by atoms with Gasteiger partial charge in [0.1, 0.15) is 11.4 Å². The number of aryl methyl sites for hydroxylation is 1. The van der Waals surface area contributed by atoms with Gasteiger partial charge in [0.05, 0.1) is 11.2 Å². The lowest BCUT2D eigenvalue weighted by atomic mass is 9.88. The van der Waals surface area contributed by atoms with E-state index in [9.17, 15) is 14.4 Å². The van der Waals surface area contributed by atoms with Crippen LogP contribution in [0.1, 0.15) is 44.4 Å². The van der Waals surface area contributed by atoms with Crippen molar-refractivity contribution in [2.75, 3.05) is 16.8 Å². The van der Waals surface area contributed by atoms with E-state index >= 15 is 4.39 Å². The van der Waals surface area contributed by atoms with Gasteiger partial charge in [0, 0.05) is 23.9 Å². The van der Waals surface area contributed by atoms with Crippen molar-refractivity contribution in [1.82, 2.24) is 5.32 Å². The normalized spacial score (nSPS) is 18.9. The van der Waals surface area contributed by atoms with E-state index < -0.39 is 23.7 Å². The third kappa shape index (κ3) is 3.84. The zero-order valence-electron chi connectivity index (χ0n) is 19.3. The molecule has 4 amide bonds. The van der Waals surface area contributed by atoms with Crippen LogP contribution in [0.15, 0.2) is 48.0 Å². The van der Waals surface area contributed by atoms with Crippen molar-refractivity contribution >= 4 is 40.9 Å². The highest BCUT2D eigenvalue weighted by atomic mass is 19.1. The van der Waals surface area contributed by atoms with Crippen molar-refractivity contribution in [1.29, 1.82) is 0 Å². The van der Waals surface area contributed by atoms with Crippen LogP contribution in [-0.4, -0.2) is 30.4 Å². The van der Waals surface area contributed by atoms with E-state index in [2.05, 4.69) is 11.4 Å². The van der Waals surface area contributed by atoms with Gasteiger partial charge in [-0.15, -0.1) is 0 Å². The molecule has 2 aliphatic rings. The first-order chi connectivity index (χ1) is 15.5. The maximum absolute atomic E-state index is 15.1. The summed E-state index contributed by atoms with van der Waals surface area (Å²) in [7, 11) is 1.89. The van der Waals surface area contributed by atoms with Gasteiger partial charge in [-0.25, -0.2) is 14.1 Å². The van der Waals surface area contributed by atoms with Gasteiger partial charge in [0.2, 0.25) is 0 Å². The van der Waals surface area contributed by atoms with Crippen molar-refractivity contribution in [3.63, 3.8) is 0 Å². The smallest absolute Gasteiger partial charge is 0.335 e.